The summed E-state index contributed by atoms with van der Waals surface area (Å²) in [5.74, 6) is -0.760. The molecule has 3 rings (SSSR count). The van der Waals surface area contributed by atoms with Crippen molar-refractivity contribution >= 4 is 28.4 Å². The molecule has 33 heavy (non-hydrogen) atoms. The third-order valence-corrected chi connectivity index (χ3v) is 8.28. The highest BCUT2D eigenvalue weighted by Crippen LogP contribution is 2.35. The van der Waals surface area contributed by atoms with Crippen LogP contribution in [-0.2, 0) is 19.4 Å². The number of sulfone groups is 1. The molecular formula is C23H27N3O6S. The molecule has 1 saturated heterocycles. The quantitative estimate of drug-likeness (QED) is 0.438. The zero-order chi connectivity index (χ0) is 24.1. The Hall–Kier alpha value is -3.24. The molecule has 0 atom stereocenters. The van der Waals surface area contributed by atoms with Crippen LogP contribution in [0.3, 0.4) is 0 Å². The first kappa shape index (κ1) is 24.4. The zero-order valence-electron chi connectivity index (χ0n) is 18.4. The van der Waals surface area contributed by atoms with E-state index < -0.39 is 20.5 Å². The standard InChI is InChI=1S/C23H27N3O6S/c1-17-5-3-4-6-20(17)21(27)26(25-2)13-16-32-18-7-9-19(10-8-18)33(29,30)23(22(24)28)11-14-31-15-12-23/h3-10H,2,11-16H2,1H3,(H2,24,28). The van der Waals surface area contributed by atoms with Gasteiger partial charge >= 0.3 is 0 Å². The molecule has 0 aromatic heterocycles. The highest BCUT2D eigenvalue weighted by molar-refractivity contribution is 7.93. The van der Waals surface area contributed by atoms with Gasteiger partial charge in [0.05, 0.1) is 11.4 Å². The van der Waals surface area contributed by atoms with Crippen LogP contribution in [0.4, 0.5) is 0 Å². The molecule has 1 aliphatic heterocycles. The van der Waals surface area contributed by atoms with Crippen molar-refractivity contribution in [1.82, 2.24) is 5.01 Å². The molecule has 0 unspecified atom stereocenters. The second-order valence-corrected chi connectivity index (χ2v) is 9.94. The maximum atomic E-state index is 13.2. The van der Waals surface area contributed by atoms with Crippen molar-refractivity contribution in [3.8, 4) is 5.75 Å². The van der Waals surface area contributed by atoms with Crippen LogP contribution < -0.4 is 10.5 Å². The zero-order valence-corrected chi connectivity index (χ0v) is 19.2. The van der Waals surface area contributed by atoms with Crippen molar-refractivity contribution < 1.29 is 27.5 Å². The summed E-state index contributed by atoms with van der Waals surface area (Å²) in [5.41, 5.74) is 6.84. The maximum Gasteiger partial charge on any atom is 0.274 e. The molecular weight excluding hydrogens is 446 g/mol. The SMILES string of the molecule is C=NN(CCOc1ccc(S(=O)(=O)C2(C(N)=O)CCOCC2)cc1)C(=O)c1ccccc1C. The van der Waals surface area contributed by atoms with Crippen molar-refractivity contribution in [3.63, 3.8) is 0 Å². The Balaban J connectivity index is 1.66. The number of nitrogens with zero attached hydrogens (tertiary/aromatic N) is 2. The summed E-state index contributed by atoms with van der Waals surface area (Å²) >= 11 is 0. The van der Waals surface area contributed by atoms with Crippen LogP contribution in [0.25, 0.3) is 0 Å². The number of aryl methyl sites for hydroxylation is 1. The van der Waals surface area contributed by atoms with Crippen LogP contribution >= 0.6 is 0 Å². The molecule has 0 saturated carbocycles. The van der Waals surface area contributed by atoms with E-state index in [9.17, 15) is 18.0 Å². The Morgan fingerprint density at radius 2 is 1.79 bits per heavy atom. The molecule has 0 radical (unpaired) electrons. The fraction of sp³-hybridized carbons (Fsp3) is 0.348. The second-order valence-electron chi connectivity index (χ2n) is 7.68. The van der Waals surface area contributed by atoms with E-state index in [1.54, 1.807) is 12.1 Å². The molecule has 0 bridgehead atoms. The third-order valence-electron chi connectivity index (χ3n) is 5.75. The number of benzene rings is 2. The monoisotopic (exact) mass is 473 g/mol. The minimum absolute atomic E-state index is 0.0142. The summed E-state index contributed by atoms with van der Waals surface area (Å²) in [6.07, 6.45) is 0.0322. The number of carbonyl (C=O) groups excluding carboxylic acids is 2. The smallest absolute Gasteiger partial charge is 0.274 e. The molecule has 2 aromatic rings. The summed E-state index contributed by atoms with van der Waals surface area (Å²) < 4.78 is 35.5. The van der Waals surface area contributed by atoms with Gasteiger partial charge in [0.25, 0.3) is 5.91 Å². The largest absolute Gasteiger partial charge is 0.492 e. The summed E-state index contributed by atoms with van der Waals surface area (Å²) in [5, 5.41) is 4.99. The predicted octanol–water partition coefficient (Wildman–Crippen LogP) is 1.94. The Morgan fingerprint density at radius 3 is 2.36 bits per heavy atom. The van der Waals surface area contributed by atoms with Gasteiger partial charge in [-0.15, -0.1) is 0 Å². The van der Waals surface area contributed by atoms with Crippen LogP contribution in [0.2, 0.25) is 0 Å². The number of hydrogen-bond acceptors (Lipinski definition) is 7. The normalized spacial score (nSPS) is 15.4. The Bertz CT molecular complexity index is 1130. The van der Waals surface area contributed by atoms with Crippen LogP contribution in [-0.4, -0.2) is 63.1 Å². The van der Waals surface area contributed by atoms with E-state index in [2.05, 4.69) is 11.8 Å². The Kier molecular flexibility index (Phi) is 7.50. The van der Waals surface area contributed by atoms with E-state index in [0.29, 0.717) is 11.3 Å². The summed E-state index contributed by atoms with van der Waals surface area (Å²) in [4.78, 5) is 24.7. The molecule has 10 heteroatoms. The number of rotatable bonds is 9. The Labute approximate surface area is 193 Å². The predicted molar refractivity (Wildman–Crippen MR) is 123 cm³/mol. The lowest BCUT2D eigenvalue weighted by atomic mass is 9.98. The molecule has 0 spiro atoms. The van der Waals surface area contributed by atoms with E-state index in [1.165, 1.54) is 29.3 Å². The summed E-state index contributed by atoms with van der Waals surface area (Å²) in [7, 11) is -4.01. The van der Waals surface area contributed by atoms with E-state index >= 15 is 0 Å². The van der Waals surface area contributed by atoms with Gasteiger partial charge in [-0.1, -0.05) is 18.2 Å². The lowest BCUT2D eigenvalue weighted by Gasteiger charge is -2.33. The van der Waals surface area contributed by atoms with E-state index in [1.807, 2.05) is 19.1 Å². The van der Waals surface area contributed by atoms with Crippen molar-refractivity contribution in [2.75, 3.05) is 26.4 Å². The van der Waals surface area contributed by atoms with Crippen molar-refractivity contribution in [1.29, 1.82) is 0 Å². The van der Waals surface area contributed by atoms with E-state index in [-0.39, 0.29) is 50.0 Å². The molecule has 2 aromatic carbocycles. The molecule has 9 nitrogen and oxygen atoms in total. The average molecular weight is 474 g/mol. The molecule has 0 aliphatic carbocycles. The van der Waals surface area contributed by atoms with Gasteiger partial charge < -0.3 is 15.2 Å². The lowest BCUT2D eigenvalue weighted by Crippen LogP contribution is -2.53. The molecule has 1 aliphatic rings. The number of ether oxygens (including phenoxy) is 2. The van der Waals surface area contributed by atoms with Gasteiger partial charge in [-0.3, -0.25) is 9.59 Å². The van der Waals surface area contributed by atoms with Crippen molar-refractivity contribution in [3.05, 3.63) is 59.7 Å². The molecule has 176 valence electrons. The highest BCUT2D eigenvalue weighted by Gasteiger charge is 2.51. The van der Waals surface area contributed by atoms with Gasteiger partial charge in [-0.2, -0.15) is 5.10 Å². The molecule has 2 amide bonds. The van der Waals surface area contributed by atoms with Gasteiger partial charge in [0.2, 0.25) is 5.91 Å². The van der Waals surface area contributed by atoms with Gasteiger partial charge in [-0.05, 0) is 55.7 Å². The lowest BCUT2D eigenvalue weighted by molar-refractivity contribution is -0.122. The van der Waals surface area contributed by atoms with Crippen molar-refractivity contribution in [2.24, 2.45) is 10.8 Å². The first-order valence-electron chi connectivity index (χ1n) is 10.4. The van der Waals surface area contributed by atoms with Crippen LogP contribution in [0.1, 0.15) is 28.8 Å². The topological polar surface area (TPSA) is 128 Å². The fourth-order valence-electron chi connectivity index (χ4n) is 3.73. The Morgan fingerprint density at radius 1 is 1.15 bits per heavy atom. The summed E-state index contributed by atoms with van der Waals surface area (Å²) in [6, 6.07) is 12.9. The minimum atomic E-state index is -4.01. The second kappa shape index (κ2) is 10.1. The maximum absolute atomic E-state index is 13.2. The van der Waals surface area contributed by atoms with Crippen LogP contribution in [0, 0.1) is 6.92 Å². The van der Waals surface area contributed by atoms with Gasteiger partial charge in [0.15, 0.2) is 14.6 Å². The first-order chi connectivity index (χ1) is 15.7. The number of primary amides is 1. The first-order valence-corrected chi connectivity index (χ1v) is 11.9. The number of hydrogen-bond donors (Lipinski definition) is 1. The fourth-order valence-corrected chi connectivity index (χ4v) is 5.64. The van der Waals surface area contributed by atoms with Gasteiger partial charge in [0, 0.05) is 25.5 Å². The minimum Gasteiger partial charge on any atom is -0.492 e. The highest BCUT2D eigenvalue weighted by atomic mass is 32.2. The van der Waals surface area contributed by atoms with Crippen LogP contribution in [0.15, 0.2) is 58.5 Å². The molecule has 1 fully saturated rings. The molecule has 2 N–H and O–H groups in total. The van der Waals surface area contributed by atoms with E-state index in [0.717, 1.165) is 5.56 Å². The van der Waals surface area contributed by atoms with E-state index in [4.69, 9.17) is 15.2 Å². The van der Waals surface area contributed by atoms with Crippen LogP contribution in [0.5, 0.6) is 5.75 Å². The molecule has 1 heterocycles. The summed E-state index contributed by atoms with van der Waals surface area (Å²) in [6.45, 7) is 5.86. The average Bonchev–Trinajstić information content (AvgIpc) is 2.82. The number of nitrogens with two attached hydrogens (primary N) is 1. The number of hydrazone groups is 1. The van der Waals surface area contributed by atoms with Gasteiger partial charge in [0.1, 0.15) is 12.4 Å². The number of amides is 2. The number of carbonyl (C=O) groups is 2. The van der Waals surface area contributed by atoms with Gasteiger partial charge in [-0.25, -0.2) is 13.4 Å². The third kappa shape index (κ3) is 4.91. The van der Waals surface area contributed by atoms with Crippen molar-refractivity contribution in [2.45, 2.75) is 29.4 Å².